The molecule has 0 saturated heterocycles. The molecule has 0 spiro atoms. The average molecular weight is 312 g/mol. The van der Waals surface area contributed by atoms with Crippen LogP contribution in [0, 0.1) is 0 Å². The predicted octanol–water partition coefficient (Wildman–Crippen LogP) is 0.728. The topological polar surface area (TPSA) is 0 Å². The molecule has 0 fully saturated rings. The summed E-state index contributed by atoms with van der Waals surface area (Å²) in [5.41, 5.74) is 0. The van der Waals surface area contributed by atoms with Gasteiger partial charge in [-0.15, -0.1) is 0 Å². The van der Waals surface area contributed by atoms with Crippen LogP contribution >= 0.6 is 16.5 Å². The van der Waals surface area contributed by atoms with Crippen LogP contribution < -0.4 is 0 Å². The van der Waals surface area contributed by atoms with Crippen LogP contribution in [0.2, 0.25) is 0 Å². The number of halogens is 2. The zero-order valence-electron chi connectivity index (χ0n) is 1.46. The Hall–Kier alpha value is 3.15. The predicted molar refractivity (Wildman–Crippen MR) is 18.9 cm³/mol. The molecule has 0 radical (unpaired) electrons. The fourth-order valence-corrected chi connectivity index (χ4v) is 0. The zero-order chi connectivity index (χ0) is 2.71. The molecule has 4 heteroatoms. The van der Waals surface area contributed by atoms with Crippen molar-refractivity contribution in [3.8, 4) is 0 Å². The van der Waals surface area contributed by atoms with Crippen LogP contribution in [0.5, 0.6) is 0 Å². The summed E-state index contributed by atoms with van der Waals surface area (Å²) in [6.45, 7) is 0. The Morgan fingerprint density at radius 3 is 1.25 bits per heavy atom. The molecule has 0 bridgehead atoms. The monoisotopic (exact) mass is 312 g/mol. The first-order valence-corrected chi connectivity index (χ1v) is 14.1. The molecule has 18 valence electrons. The molecule has 0 N–H and O–H groups in total. The molecule has 0 aromatic carbocycles. The average Bonchev–Trinajstić information content (AvgIpc) is 0.918. The standard InChI is InChI=1S/2ClH.Hg.K.H/h2*1H;;;/q;;+2;;/p-2. The van der Waals surface area contributed by atoms with Crippen LogP contribution in [0.4, 0.5) is 0 Å². The molecule has 0 rings (SSSR count). The van der Waals surface area contributed by atoms with Crippen LogP contribution in [0.15, 0.2) is 0 Å². The molecular weight excluding hydrogens is 311 g/mol. The fourth-order valence-electron chi connectivity index (χ4n) is 0. The Balaban J connectivity index is 0. The van der Waals surface area contributed by atoms with E-state index in [4.69, 9.17) is 16.5 Å². The van der Waals surface area contributed by atoms with Gasteiger partial charge in [-0.1, -0.05) is 0 Å². The summed E-state index contributed by atoms with van der Waals surface area (Å²) < 4.78 is 0. The Bertz CT molecular complexity index is 6.00. The fraction of sp³-hybridized carbons (Fsp3) is 0. The zero-order valence-corrected chi connectivity index (χ0v) is 8.47. The summed E-state index contributed by atoms with van der Waals surface area (Å²) >= 11 is -1.14. The van der Waals surface area contributed by atoms with Crippen molar-refractivity contribution >= 4 is 67.9 Å². The molecule has 0 aromatic heterocycles. The first kappa shape index (κ1) is 10.2. The summed E-state index contributed by atoms with van der Waals surface area (Å²) in [6, 6.07) is 0. The Morgan fingerprint density at radius 2 is 1.25 bits per heavy atom. The second kappa shape index (κ2) is 9.47. The summed E-state index contributed by atoms with van der Waals surface area (Å²) in [5.74, 6) is 0. The van der Waals surface area contributed by atoms with E-state index < -0.39 is 22.1 Å². The van der Waals surface area contributed by atoms with Crippen LogP contribution in [-0.2, 0) is 22.1 Å². The molecule has 0 aromatic rings. The quantitative estimate of drug-likeness (QED) is 0.579. The van der Waals surface area contributed by atoms with Gasteiger partial charge < -0.3 is 0 Å². The van der Waals surface area contributed by atoms with E-state index in [1.165, 1.54) is 0 Å². The van der Waals surface area contributed by atoms with Crippen molar-refractivity contribution in [1.29, 1.82) is 0 Å². The molecule has 0 heterocycles. The van der Waals surface area contributed by atoms with Gasteiger partial charge in [-0.2, -0.15) is 0 Å². The molecule has 0 nitrogen and oxygen atoms in total. The SMILES string of the molecule is [Cl][Hg][Cl].[KH]. The van der Waals surface area contributed by atoms with Crippen LogP contribution in [0.1, 0.15) is 0 Å². The molecule has 0 aliphatic carbocycles. The van der Waals surface area contributed by atoms with Crippen molar-refractivity contribution in [3.63, 3.8) is 0 Å². The normalized spacial score (nSPS) is 2.50. The van der Waals surface area contributed by atoms with Gasteiger partial charge in [0.15, 0.2) is 0 Å². The summed E-state index contributed by atoms with van der Waals surface area (Å²) in [7, 11) is 9.97. The molecule has 0 unspecified atom stereocenters. The summed E-state index contributed by atoms with van der Waals surface area (Å²) in [4.78, 5) is 0. The second-order valence-corrected chi connectivity index (χ2v) is 7.98. The van der Waals surface area contributed by atoms with Gasteiger partial charge in [-0.3, -0.25) is 0 Å². The molecule has 0 atom stereocenters. The van der Waals surface area contributed by atoms with Crippen molar-refractivity contribution in [1.82, 2.24) is 0 Å². The van der Waals surface area contributed by atoms with Crippen molar-refractivity contribution in [3.05, 3.63) is 0 Å². The van der Waals surface area contributed by atoms with E-state index in [1.807, 2.05) is 0 Å². The van der Waals surface area contributed by atoms with Gasteiger partial charge in [0.1, 0.15) is 0 Å². The van der Waals surface area contributed by atoms with Gasteiger partial charge in [0.2, 0.25) is 0 Å². The maximum atomic E-state index is 4.99. The Kier molecular flexibility index (Phi) is 24.1. The molecule has 0 aliphatic rings. The summed E-state index contributed by atoms with van der Waals surface area (Å²) in [6.07, 6.45) is 0. The van der Waals surface area contributed by atoms with Crippen molar-refractivity contribution in [2.24, 2.45) is 0 Å². The van der Waals surface area contributed by atoms with Crippen molar-refractivity contribution in [2.75, 3.05) is 0 Å². The minimum absolute atomic E-state index is 0. The first-order chi connectivity index (χ1) is 1.41. The summed E-state index contributed by atoms with van der Waals surface area (Å²) in [5, 5.41) is 0. The van der Waals surface area contributed by atoms with Gasteiger partial charge in [-0.05, 0) is 0 Å². The molecule has 4 heavy (non-hydrogen) atoms. The molecular formula is HCl2HgK. The van der Waals surface area contributed by atoms with E-state index in [0.29, 0.717) is 0 Å². The molecule has 0 aliphatic heterocycles. The van der Waals surface area contributed by atoms with E-state index in [2.05, 4.69) is 0 Å². The van der Waals surface area contributed by atoms with Gasteiger partial charge in [0, 0.05) is 0 Å². The number of rotatable bonds is 0. The minimum atomic E-state index is -1.14. The van der Waals surface area contributed by atoms with Gasteiger partial charge in [-0.25, -0.2) is 0 Å². The van der Waals surface area contributed by atoms with Crippen molar-refractivity contribution < 1.29 is 22.1 Å². The molecule has 0 saturated carbocycles. The second-order valence-electron chi connectivity index (χ2n) is 0.101. The van der Waals surface area contributed by atoms with E-state index in [0.717, 1.165) is 0 Å². The van der Waals surface area contributed by atoms with E-state index in [9.17, 15) is 0 Å². The first-order valence-electron chi connectivity index (χ1n) is 0.535. The van der Waals surface area contributed by atoms with E-state index in [1.54, 1.807) is 0 Å². The van der Waals surface area contributed by atoms with Gasteiger partial charge >= 0.3 is 90.0 Å². The molecule has 0 amide bonds. The van der Waals surface area contributed by atoms with Crippen LogP contribution in [-0.4, -0.2) is 51.4 Å². The maximum absolute atomic E-state index is 4.99. The Labute approximate surface area is 87.3 Å². The van der Waals surface area contributed by atoms with E-state index in [-0.39, 0.29) is 51.4 Å². The number of hydrogen-bond donors (Lipinski definition) is 0. The van der Waals surface area contributed by atoms with Crippen LogP contribution in [0.3, 0.4) is 0 Å². The van der Waals surface area contributed by atoms with Crippen molar-refractivity contribution in [2.45, 2.75) is 0 Å². The third-order valence-corrected chi connectivity index (χ3v) is 0. The third kappa shape index (κ3) is 8.94. The third-order valence-electron chi connectivity index (χ3n) is 0. The van der Waals surface area contributed by atoms with Gasteiger partial charge in [0.25, 0.3) is 0 Å². The van der Waals surface area contributed by atoms with E-state index >= 15 is 0 Å². The van der Waals surface area contributed by atoms with Gasteiger partial charge in [0.05, 0.1) is 0 Å². The Morgan fingerprint density at radius 1 is 1.25 bits per heavy atom. The number of hydrogen-bond acceptors (Lipinski definition) is 0. The van der Waals surface area contributed by atoms with Crippen LogP contribution in [0.25, 0.3) is 0 Å².